The highest BCUT2D eigenvalue weighted by Gasteiger charge is 2.19. The van der Waals surface area contributed by atoms with Crippen LogP contribution >= 0.6 is 23.1 Å². The number of nitrogens with zero attached hydrogens (tertiary/aromatic N) is 4. The van der Waals surface area contributed by atoms with Gasteiger partial charge in [-0.25, -0.2) is 4.98 Å². The van der Waals surface area contributed by atoms with Gasteiger partial charge in [0.1, 0.15) is 5.75 Å². The van der Waals surface area contributed by atoms with E-state index in [1.165, 1.54) is 23.1 Å². The van der Waals surface area contributed by atoms with E-state index in [0.717, 1.165) is 27.2 Å². The van der Waals surface area contributed by atoms with Crippen molar-refractivity contribution in [1.82, 2.24) is 19.7 Å². The normalized spacial score (nSPS) is 11.1. The van der Waals surface area contributed by atoms with Crippen LogP contribution < -0.4 is 10.1 Å². The third-order valence-electron chi connectivity index (χ3n) is 4.92. The quantitative estimate of drug-likeness (QED) is 0.283. The van der Waals surface area contributed by atoms with Gasteiger partial charge in [-0.15, -0.1) is 10.2 Å². The summed E-state index contributed by atoms with van der Waals surface area (Å²) < 4.78 is 13.9. The number of carbonyl (C=O) groups excluding carboxylic acids is 1. The number of aromatic nitrogens is 4. The number of nitrogens with one attached hydrogen (secondary N) is 1. The zero-order valence-corrected chi connectivity index (χ0v) is 20.2. The maximum Gasteiger partial charge on any atom is 0.236 e. The minimum absolute atomic E-state index is 0.155. The molecule has 0 aliphatic rings. The summed E-state index contributed by atoms with van der Waals surface area (Å²) in [7, 11) is 0. The molecular formula is C24H21N5O3S2. The largest absolute Gasteiger partial charge is 0.494 e. The number of benzene rings is 2. The van der Waals surface area contributed by atoms with E-state index < -0.39 is 0 Å². The van der Waals surface area contributed by atoms with Crippen LogP contribution in [-0.2, 0) is 4.79 Å². The topological polar surface area (TPSA) is 95.1 Å². The summed E-state index contributed by atoms with van der Waals surface area (Å²) in [4.78, 5) is 17.2. The first-order valence-corrected chi connectivity index (χ1v) is 12.4. The Morgan fingerprint density at radius 2 is 2.03 bits per heavy atom. The maximum absolute atomic E-state index is 12.7. The number of furan rings is 1. The molecule has 1 N–H and O–H groups in total. The van der Waals surface area contributed by atoms with Gasteiger partial charge in [-0.2, -0.15) is 0 Å². The lowest BCUT2D eigenvalue weighted by atomic mass is 10.2. The molecule has 1 amide bonds. The summed E-state index contributed by atoms with van der Waals surface area (Å²) in [5, 5.41) is 12.7. The summed E-state index contributed by atoms with van der Waals surface area (Å²) in [6, 6.07) is 17.4. The van der Waals surface area contributed by atoms with Gasteiger partial charge in [0.2, 0.25) is 11.7 Å². The van der Waals surface area contributed by atoms with Crippen LogP contribution in [0.3, 0.4) is 0 Å². The molecule has 0 saturated heterocycles. The molecule has 172 valence electrons. The van der Waals surface area contributed by atoms with Crippen molar-refractivity contribution < 1.29 is 13.9 Å². The molecule has 5 aromatic rings. The second-order valence-electron chi connectivity index (χ2n) is 7.37. The maximum atomic E-state index is 12.7. The molecule has 0 radical (unpaired) electrons. The van der Waals surface area contributed by atoms with Crippen molar-refractivity contribution in [1.29, 1.82) is 0 Å². The molecule has 0 aliphatic carbocycles. The van der Waals surface area contributed by atoms with Crippen LogP contribution in [0.2, 0.25) is 0 Å². The SMILES string of the molecule is CCOc1ccc2nc(NC(=O)CSc3nnc(-c4ccco4)n3-c3ccc(C)cc3)sc2c1. The fourth-order valence-corrected chi connectivity index (χ4v) is 5.02. The summed E-state index contributed by atoms with van der Waals surface area (Å²) in [5.41, 5.74) is 2.86. The van der Waals surface area contributed by atoms with E-state index >= 15 is 0 Å². The van der Waals surface area contributed by atoms with Gasteiger partial charge in [-0.3, -0.25) is 9.36 Å². The molecule has 0 atom stereocenters. The second kappa shape index (κ2) is 9.70. The standard InChI is InChI=1S/C24H21N5O3S2/c1-3-31-17-10-11-18-20(13-17)34-23(25-18)26-21(30)14-33-24-28-27-22(19-5-4-12-32-19)29(24)16-8-6-15(2)7-9-16/h4-13H,3,14H2,1-2H3,(H,25,26,30). The van der Waals surface area contributed by atoms with E-state index in [0.29, 0.717) is 28.5 Å². The van der Waals surface area contributed by atoms with Crippen molar-refractivity contribution in [3.8, 4) is 23.0 Å². The molecule has 0 aliphatic heterocycles. The number of hydrogen-bond donors (Lipinski definition) is 1. The number of thiazole rings is 1. The highest BCUT2D eigenvalue weighted by Crippen LogP contribution is 2.31. The number of anilines is 1. The summed E-state index contributed by atoms with van der Waals surface area (Å²) in [5.74, 6) is 1.95. The molecular weight excluding hydrogens is 470 g/mol. The average Bonchev–Trinajstić information content (AvgIpc) is 3.57. The number of carbonyl (C=O) groups is 1. The smallest absolute Gasteiger partial charge is 0.236 e. The van der Waals surface area contributed by atoms with Crippen molar-refractivity contribution in [2.45, 2.75) is 19.0 Å². The van der Waals surface area contributed by atoms with E-state index in [-0.39, 0.29) is 11.7 Å². The van der Waals surface area contributed by atoms with E-state index in [1.807, 2.05) is 66.9 Å². The zero-order chi connectivity index (χ0) is 23.5. The van der Waals surface area contributed by atoms with Gasteiger partial charge in [-0.05, 0) is 56.3 Å². The molecule has 5 rings (SSSR count). The van der Waals surface area contributed by atoms with E-state index in [1.54, 1.807) is 12.3 Å². The molecule has 0 spiro atoms. The Morgan fingerprint density at radius 1 is 1.18 bits per heavy atom. The monoisotopic (exact) mass is 491 g/mol. The minimum Gasteiger partial charge on any atom is -0.494 e. The van der Waals surface area contributed by atoms with Crippen molar-refractivity contribution in [2.24, 2.45) is 0 Å². The minimum atomic E-state index is -0.174. The van der Waals surface area contributed by atoms with Crippen molar-refractivity contribution in [3.63, 3.8) is 0 Å². The Balaban J connectivity index is 1.33. The van der Waals surface area contributed by atoms with Gasteiger partial charge in [-0.1, -0.05) is 40.8 Å². The molecule has 0 fully saturated rings. The van der Waals surface area contributed by atoms with Gasteiger partial charge in [0, 0.05) is 5.69 Å². The molecule has 3 heterocycles. The van der Waals surface area contributed by atoms with Gasteiger partial charge in [0.05, 0.1) is 28.8 Å². The highest BCUT2D eigenvalue weighted by atomic mass is 32.2. The van der Waals surface area contributed by atoms with E-state index in [9.17, 15) is 4.79 Å². The first kappa shape index (κ1) is 22.2. The number of amides is 1. The lowest BCUT2D eigenvalue weighted by Crippen LogP contribution is -2.14. The predicted molar refractivity (Wildman–Crippen MR) is 134 cm³/mol. The van der Waals surface area contributed by atoms with Crippen LogP contribution in [0.5, 0.6) is 5.75 Å². The van der Waals surface area contributed by atoms with Crippen molar-refractivity contribution >= 4 is 44.4 Å². The third kappa shape index (κ3) is 4.68. The van der Waals surface area contributed by atoms with Gasteiger partial charge in [0.25, 0.3) is 0 Å². The van der Waals surface area contributed by atoms with Gasteiger partial charge < -0.3 is 14.5 Å². The highest BCUT2D eigenvalue weighted by molar-refractivity contribution is 7.99. The van der Waals surface area contributed by atoms with E-state index in [4.69, 9.17) is 9.15 Å². The zero-order valence-electron chi connectivity index (χ0n) is 18.5. The van der Waals surface area contributed by atoms with Crippen molar-refractivity contribution in [2.75, 3.05) is 17.7 Å². The Morgan fingerprint density at radius 3 is 2.79 bits per heavy atom. The lowest BCUT2D eigenvalue weighted by molar-refractivity contribution is -0.113. The second-order valence-corrected chi connectivity index (χ2v) is 9.35. The van der Waals surface area contributed by atoms with Crippen LogP contribution in [0, 0.1) is 6.92 Å². The predicted octanol–water partition coefficient (Wildman–Crippen LogP) is 5.57. The third-order valence-corrected chi connectivity index (χ3v) is 6.78. The molecule has 0 saturated carbocycles. The van der Waals surface area contributed by atoms with Crippen LogP contribution in [0.1, 0.15) is 12.5 Å². The van der Waals surface area contributed by atoms with Gasteiger partial charge >= 0.3 is 0 Å². The molecule has 0 bridgehead atoms. The van der Waals surface area contributed by atoms with Crippen molar-refractivity contribution in [3.05, 3.63) is 66.4 Å². The molecule has 34 heavy (non-hydrogen) atoms. The Kier molecular flexibility index (Phi) is 6.33. The molecule has 3 aromatic heterocycles. The van der Waals surface area contributed by atoms with E-state index in [2.05, 4.69) is 20.5 Å². The Hall–Kier alpha value is -3.63. The summed E-state index contributed by atoms with van der Waals surface area (Å²) in [6.07, 6.45) is 1.60. The Labute approximate surface area is 204 Å². The van der Waals surface area contributed by atoms with Crippen LogP contribution in [0.15, 0.2) is 70.4 Å². The first-order chi connectivity index (χ1) is 16.6. The number of aryl methyl sites for hydroxylation is 1. The molecule has 8 nitrogen and oxygen atoms in total. The Bertz CT molecular complexity index is 1430. The van der Waals surface area contributed by atoms with Crippen LogP contribution in [0.25, 0.3) is 27.5 Å². The first-order valence-electron chi connectivity index (χ1n) is 10.6. The van der Waals surface area contributed by atoms with Crippen LogP contribution in [-0.4, -0.2) is 38.0 Å². The summed E-state index contributed by atoms with van der Waals surface area (Å²) >= 11 is 2.71. The number of ether oxygens (including phenoxy) is 1. The van der Waals surface area contributed by atoms with Crippen LogP contribution in [0.4, 0.5) is 5.13 Å². The number of rotatable bonds is 8. The number of fused-ring (bicyclic) bond motifs is 1. The summed E-state index contributed by atoms with van der Waals surface area (Å²) in [6.45, 7) is 4.57. The molecule has 10 heteroatoms. The molecule has 0 unspecified atom stereocenters. The average molecular weight is 492 g/mol. The molecule has 2 aromatic carbocycles. The number of thioether (sulfide) groups is 1. The fraction of sp³-hybridized carbons (Fsp3) is 0.167. The lowest BCUT2D eigenvalue weighted by Gasteiger charge is -2.09. The van der Waals surface area contributed by atoms with Gasteiger partial charge in [0.15, 0.2) is 16.0 Å². The number of hydrogen-bond acceptors (Lipinski definition) is 8. The fourth-order valence-electron chi connectivity index (χ4n) is 3.36.